The van der Waals surface area contributed by atoms with E-state index in [2.05, 4.69) is 62.9 Å². The molecule has 3 N–H and O–H groups in total. The molecule has 2 aromatic carbocycles. The highest BCUT2D eigenvalue weighted by molar-refractivity contribution is 5.84. The monoisotopic (exact) mass is 459 g/mol. The lowest BCUT2D eigenvalue weighted by Crippen LogP contribution is -2.58. The van der Waals surface area contributed by atoms with Gasteiger partial charge in [0.1, 0.15) is 0 Å². The molecule has 2 aliphatic rings. The van der Waals surface area contributed by atoms with Crippen molar-refractivity contribution in [2.45, 2.75) is 50.5 Å². The zero-order chi connectivity index (χ0) is 23.5. The number of carbonyl (C=O) groups excluding carboxylic acids is 2. The van der Waals surface area contributed by atoms with Gasteiger partial charge in [-0.2, -0.15) is 0 Å². The molecule has 0 spiro atoms. The van der Waals surface area contributed by atoms with Gasteiger partial charge in [-0.25, -0.2) is 0 Å². The fraction of sp³-hybridized carbons (Fsp3) is 0.407. The Morgan fingerprint density at radius 3 is 2.74 bits per heavy atom. The Morgan fingerprint density at radius 1 is 1.09 bits per heavy atom. The number of nitrogens with one attached hydrogen (secondary N) is 3. The number of fused-ring (bicyclic) bond motifs is 2. The number of nitrogens with zero attached hydrogens (tertiary/aromatic N) is 2. The minimum Gasteiger partial charge on any atom is -0.353 e. The fourth-order valence-electron chi connectivity index (χ4n) is 5.39. The van der Waals surface area contributed by atoms with Crippen LogP contribution in [-0.2, 0) is 29.7 Å². The zero-order valence-electron chi connectivity index (χ0n) is 19.7. The Hall–Kier alpha value is -3.16. The van der Waals surface area contributed by atoms with Gasteiger partial charge < -0.3 is 20.5 Å². The lowest BCUT2D eigenvalue weighted by Gasteiger charge is -2.37. The average Bonchev–Trinajstić information content (AvgIpc) is 3.44. The third-order valence-corrected chi connectivity index (χ3v) is 7.22. The number of hydrogen-bond acceptors (Lipinski definition) is 4. The van der Waals surface area contributed by atoms with Gasteiger partial charge in [0.25, 0.3) is 0 Å². The molecular weight excluding hydrogens is 426 g/mol. The van der Waals surface area contributed by atoms with E-state index in [9.17, 15) is 9.59 Å². The summed E-state index contributed by atoms with van der Waals surface area (Å²) in [6.07, 6.45) is 4.19. The van der Waals surface area contributed by atoms with Gasteiger partial charge in [-0.1, -0.05) is 48.5 Å². The van der Waals surface area contributed by atoms with E-state index in [0.29, 0.717) is 19.5 Å². The lowest BCUT2D eigenvalue weighted by molar-refractivity contribution is -0.129. The van der Waals surface area contributed by atoms with Crippen molar-refractivity contribution in [1.82, 2.24) is 25.4 Å². The summed E-state index contributed by atoms with van der Waals surface area (Å²) in [5.41, 5.74) is 3.60. The van der Waals surface area contributed by atoms with Gasteiger partial charge in [-0.15, -0.1) is 0 Å². The number of rotatable bonds is 8. The van der Waals surface area contributed by atoms with Crippen LogP contribution in [0.25, 0.3) is 10.9 Å². The molecule has 2 saturated heterocycles. The molecule has 2 amide bonds. The maximum atomic E-state index is 12.6. The number of amides is 2. The molecule has 0 aliphatic carbocycles. The van der Waals surface area contributed by atoms with Crippen molar-refractivity contribution in [3.63, 3.8) is 0 Å². The van der Waals surface area contributed by atoms with Crippen LogP contribution in [0.5, 0.6) is 0 Å². The van der Waals surface area contributed by atoms with Gasteiger partial charge in [0, 0.05) is 68.8 Å². The van der Waals surface area contributed by atoms with E-state index >= 15 is 0 Å². The number of hydrogen-bond donors (Lipinski definition) is 3. The standard InChI is InChI=1S/C27H33N5O2/c1-31-17-20(23-9-5-6-10-24(23)31)15-28-21-13-25-27(34)30-16-22(32(25)18-21)11-12-26(33)29-14-19-7-3-2-4-8-19/h2-10,17,21-22,25,28H,11-16,18H2,1H3,(H,29,33)(H,30,34)/t21-,22-,25-/m1/s1. The highest BCUT2D eigenvalue weighted by Crippen LogP contribution is 2.27. The first-order chi connectivity index (χ1) is 16.6. The number of aryl methyl sites for hydroxylation is 1. The molecule has 0 unspecified atom stereocenters. The van der Waals surface area contributed by atoms with E-state index in [1.54, 1.807) is 0 Å². The topological polar surface area (TPSA) is 78.4 Å². The largest absolute Gasteiger partial charge is 0.353 e. The molecule has 34 heavy (non-hydrogen) atoms. The van der Waals surface area contributed by atoms with Crippen LogP contribution in [0.1, 0.15) is 30.4 Å². The first-order valence-corrected chi connectivity index (χ1v) is 12.2. The SMILES string of the molecule is Cn1cc(CN[C@@H]2C[C@@H]3C(=O)NC[C@@H](CCC(=O)NCc4ccccc4)N3C2)c2ccccc21. The lowest BCUT2D eigenvalue weighted by atomic mass is 10.0. The van der Waals surface area contributed by atoms with Crippen LogP contribution in [0.3, 0.4) is 0 Å². The fourth-order valence-corrected chi connectivity index (χ4v) is 5.39. The molecule has 2 fully saturated rings. The van der Waals surface area contributed by atoms with E-state index in [4.69, 9.17) is 0 Å². The molecule has 3 aromatic rings. The molecule has 0 bridgehead atoms. The number of benzene rings is 2. The highest BCUT2D eigenvalue weighted by atomic mass is 16.2. The van der Waals surface area contributed by atoms with E-state index in [0.717, 1.165) is 31.5 Å². The minimum absolute atomic E-state index is 0.0575. The average molecular weight is 460 g/mol. The number of piperazine rings is 1. The summed E-state index contributed by atoms with van der Waals surface area (Å²) in [6.45, 7) is 2.77. The van der Waals surface area contributed by atoms with Crippen LogP contribution < -0.4 is 16.0 Å². The van der Waals surface area contributed by atoms with E-state index in [1.807, 2.05) is 30.3 Å². The second-order valence-electron chi connectivity index (χ2n) is 9.51. The zero-order valence-corrected chi connectivity index (χ0v) is 19.7. The van der Waals surface area contributed by atoms with Crippen molar-refractivity contribution in [2.75, 3.05) is 13.1 Å². The molecular formula is C27H33N5O2. The molecule has 0 radical (unpaired) electrons. The first kappa shape index (κ1) is 22.6. The highest BCUT2D eigenvalue weighted by Gasteiger charge is 2.43. The van der Waals surface area contributed by atoms with Crippen molar-refractivity contribution in [2.24, 2.45) is 7.05 Å². The molecule has 3 heterocycles. The molecule has 7 nitrogen and oxygen atoms in total. The van der Waals surface area contributed by atoms with Crippen molar-refractivity contribution >= 4 is 22.7 Å². The van der Waals surface area contributed by atoms with Crippen LogP contribution in [0.15, 0.2) is 60.8 Å². The van der Waals surface area contributed by atoms with Gasteiger partial charge in [-0.05, 0) is 30.0 Å². The Morgan fingerprint density at radius 2 is 1.88 bits per heavy atom. The Kier molecular flexibility index (Phi) is 6.65. The molecule has 178 valence electrons. The van der Waals surface area contributed by atoms with Crippen molar-refractivity contribution in [1.29, 1.82) is 0 Å². The maximum Gasteiger partial charge on any atom is 0.237 e. The Balaban J connectivity index is 1.15. The van der Waals surface area contributed by atoms with Crippen molar-refractivity contribution in [3.8, 4) is 0 Å². The summed E-state index contributed by atoms with van der Waals surface area (Å²) in [6, 6.07) is 18.7. The third kappa shape index (κ3) is 4.86. The van der Waals surface area contributed by atoms with Crippen molar-refractivity contribution < 1.29 is 9.59 Å². The van der Waals surface area contributed by atoms with Crippen LogP contribution in [0.2, 0.25) is 0 Å². The predicted molar refractivity (Wildman–Crippen MR) is 133 cm³/mol. The van der Waals surface area contributed by atoms with Gasteiger partial charge in [0.15, 0.2) is 0 Å². The summed E-state index contributed by atoms with van der Waals surface area (Å²) < 4.78 is 2.16. The van der Waals surface area contributed by atoms with Crippen LogP contribution in [0.4, 0.5) is 0 Å². The second-order valence-corrected chi connectivity index (χ2v) is 9.51. The smallest absolute Gasteiger partial charge is 0.237 e. The summed E-state index contributed by atoms with van der Waals surface area (Å²) in [5.74, 6) is 0.168. The van der Waals surface area contributed by atoms with Gasteiger partial charge >= 0.3 is 0 Å². The third-order valence-electron chi connectivity index (χ3n) is 7.22. The number of para-hydroxylation sites is 1. The molecule has 3 atom stereocenters. The van der Waals surface area contributed by atoms with Gasteiger partial charge in [0.05, 0.1) is 6.04 Å². The second kappa shape index (κ2) is 9.99. The maximum absolute atomic E-state index is 12.6. The predicted octanol–water partition coefficient (Wildman–Crippen LogP) is 2.31. The molecule has 0 saturated carbocycles. The quantitative estimate of drug-likeness (QED) is 0.483. The molecule has 2 aliphatic heterocycles. The molecule has 5 rings (SSSR count). The summed E-state index contributed by atoms with van der Waals surface area (Å²) >= 11 is 0. The molecule has 7 heteroatoms. The van der Waals surface area contributed by atoms with E-state index in [-0.39, 0.29) is 29.9 Å². The van der Waals surface area contributed by atoms with Crippen molar-refractivity contribution in [3.05, 3.63) is 71.9 Å². The summed E-state index contributed by atoms with van der Waals surface area (Å²) in [4.78, 5) is 27.3. The normalized spacial score (nSPS) is 22.5. The van der Waals surface area contributed by atoms with Crippen LogP contribution in [0, 0.1) is 0 Å². The Bertz CT molecular complexity index is 1160. The number of aromatic nitrogens is 1. The summed E-state index contributed by atoms with van der Waals surface area (Å²) in [7, 11) is 2.08. The molecule has 1 aromatic heterocycles. The van der Waals surface area contributed by atoms with E-state index in [1.165, 1.54) is 16.5 Å². The Labute approximate surface area is 200 Å². The van der Waals surface area contributed by atoms with Crippen LogP contribution in [-0.4, -0.2) is 52.5 Å². The number of carbonyl (C=O) groups is 2. The summed E-state index contributed by atoms with van der Waals surface area (Å²) in [5, 5.41) is 11.0. The van der Waals surface area contributed by atoms with E-state index < -0.39 is 0 Å². The van der Waals surface area contributed by atoms with Gasteiger partial charge in [-0.3, -0.25) is 14.5 Å². The van der Waals surface area contributed by atoms with Gasteiger partial charge in [0.2, 0.25) is 11.8 Å². The first-order valence-electron chi connectivity index (χ1n) is 12.2. The van der Waals surface area contributed by atoms with Crippen LogP contribution >= 0.6 is 0 Å². The minimum atomic E-state index is -0.115.